The van der Waals surface area contributed by atoms with Crippen molar-refractivity contribution < 1.29 is 31.6 Å². The summed E-state index contributed by atoms with van der Waals surface area (Å²) in [5, 5.41) is 17.4. The first-order valence-corrected chi connectivity index (χ1v) is 10.5. The first-order chi connectivity index (χ1) is 16.1. The number of alkyl halides is 2. The number of benzene rings is 1. The SMILES string of the molecule is C[C@H](C(=O)Nc1nc(Cc2cc(F)cc(F)c2)no1)N1CCC(F)(F)[C@@H](c2cc[n+]([O-])cc2)C1. The van der Waals surface area contributed by atoms with E-state index in [9.17, 15) is 27.6 Å². The molecule has 4 rings (SSSR count). The molecule has 0 bridgehead atoms. The van der Waals surface area contributed by atoms with Gasteiger partial charge in [0.1, 0.15) is 11.6 Å². The highest BCUT2D eigenvalue weighted by Crippen LogP contribution is 2.40. The lowest BCUT2D eigenvalue weighted by molar-refractivity contribution is -0.605. The Morgan fingerprint density at radius 1 is 1.29 bits per heavy atom. The lowest BCUT2D eigenvalue weighted by Crippen LogP contribution is -2.52. The first kappa shape index (κ1) is 23.6. The molecule has 1 aromatic carbocycles. The Kier molecular flexibility index (Phi) is 6.51. The van der Waals surface area contributed by atoms with Gasteiger partial charge < -0.3 is 9.73 Å². The van der Waals surface area contributed by atoms with E-state index in [1.54, 1.807) is 11.8 Å². The van der Waals surface area contributed by atoms with E-state index in [1.807, 2.05) is 0 Å². The molecule has 1 saturated heterocycles. The zero-order valence-corrected chi connectivity index (χ0v) is 18.1. The van der Waals surface area contributed by atoms with Crippen molar-refractivity contribution in [2.24, 2.45) is 0 Å². The fourth-order valence-corrected chi connectivity index (χ4v) is 3.93. The summed E-state index contributed by atoms with van der Waals surface area (Å²) in [5.74, 6) is -6.09. The van der Waals surface area contributed by atoms with E-state index < -0.39 is 41.8 Å². The number of carbonyl (C=O) groups is 1. The van der Waals surface area contributed by atoms with E-state index >= 15 is 0 Å². The van der Waals surface area contributed by atoms with Gasteiger partial charge in [0, 0.05) is 44.1 Å². The quantitative estimate of drug-likeness (QED) is 0.332. The largest absolute Gasteiger partial charge is 0.619 e. The molecule has 3 heterocycles. The molecule has 0 saturated carbocycles. The van der Waals surface area contributed by atoms with Crippen molar-refractivity contribution in [1.82, 2.24) is 15.0 Å². The molecule has 12 heteroatoms. The average Bonchev–Trinajstić information content (AvgIpc) is 3.19. The second kappa shape index (κ2) is 9.37. The lowest BCUT2D eigenvalue weighted by Gasteiger charge is -2.40. The third kappa shape index (κ3) is 5.33. The van der Waals surface area contributed by atoms with Gasteiger partial charge >= 0.3 is 6.01 Å². The van der Waals surface area contributed by atoms with Crippen molar-refractivity contribution in [3.8, 4) is 0 Å². The summed E-state index contributed by atoms with van der Waals surface area (Å²) in [4.78, 5) is 18.3. The maximum Gasteiger partial charge on any atom is 0.328 e. The number of nitrogens with one attached hydrogen (secondary N) is 1. The van der Waals surface area contributed by atoms with Gasteiger partial charge in [-0.05, 0) is 30.2 Å². The van der Waals surface area contributed by atoms with Crippen LogP contribution in [0.1, 0.15) is 36.2 Å². The minimum Gasteiger partial charge on any atom is -0.619 e. The Bertz CT molecular complexity index is 1150. The summed E-state index contributed by atoms with van der Waals surface area (Å²) in [6, 6.07) is 4.70. The molecule has 1 aliphatic heterocycles. The van der Waals surface area contributed by atoms with Crippen LogP contribution in [0.2, 0.25) is 0 Å². The van der Waals surface area contributed by atoms with Crippen LogP contribution in [0, 0.1) is 16.8 Å². The number of rotatable bonds is 6. The summed E-state index contributed by atoms with van der Waals surface area (Å²) >= 11 is 0. The second-order valence-electron chi connectivity index (χ2n) is 8.19. The molecule has 0 aliphatic carbocycles. The van der Waals surface area contributed by atoms with E-state index in [0.717, 1.165) is 30.6 Å². The van der Waals surface area contributed by atoms with Gasteiger partial charge in [0.2, 0.25) is 5.91 Å². The van der Waals surface area contributed by atoms with Crippen LogP contribution >= 0.6 is 0 Å². The molecule has 0 radical (unpaired) electrons. The van der Waals surface area contributed by atoms with Gasteiger partial charge in [-0.25, -0.2) is 17.6 Å². The van der Waals surface area contributed by atoms with E-state index in [-0.39, 0.29) is 36.9 Å². The highest BCUT2D eigenvalue weighted by Gasteiger charge is 2.46. The number of halogens is 4. The van der Waals surface area contributed by atoms with Crippen molar-refractivity contribution in [1.29, 1.82) is 0 Å². The van der Waals surface area contributed by atoms with E-state index in [2.05, 4.69) is 15.5 Å². The Hall–Kier alpha value is -3.54. The highest BCUT2D eigenvalue weighted by molar-refractivity contribution is 5.92. The van der Waals surface area contributed by atoms with Gasteiger partial charge in [0.25, 0.3) is 5.92 Å². The summed E-state index contributed by atoms with van der Waals surface area (Å²) in [6.45, 7) is 1.47. The minimum absolute atomic E-state index is 0.00725. The van der Waals surface area contributed by atoms with Crippen LogP contribution in [0.5, 0.6) is 0 Å². The zero-order chi connectivity index (χ0) is 24.5. The fourth-order valence-electron chi connectivity index (χ4n) is 3.93. The van der Waals surface area contributed by atoms with Crippen LogP contribution in [0.25, 0.3) is 0 Å². The van der Waals surface area contributed by atoms with E-state index in [1.165, 1.54) is 12.1 Å². The number of nitrogens with zero attached hydrogens (tertiary/aromatic N) is 4. The second-order valence-corrected chi connectivity index (χ2v) is 8.19. The van der Waals surface area contributed by atoms with Gasteiger partial charge in [-0.2, -0.15) is 9.71 Å². The van der Waals surface area contributed by atoms with Crippen LogP contribution < -0.4 is 10.0 Å². The molecule has 2 aromatic heterocycles. The molecule has 0 spiro atoms. The summed E-state index contributed by atoms with van der Waals surface area (Å²) in [7, 11) is 0. The van der Waals surface area contributed by atoms with Crippen molar-refractivity contribution in [3.63, 3.8) is 0 Å². The zero-order valence-electron chi connectivity index (χ0n) is 18.1. The number of hydrogen-bond donors (Lipinski definition) is 1. The molecule has 3 aromatic rings. The minimum atomic E-state index is -2.99. The predicted octanol–water partition coefficient (Wildman–Crippen LogP) is 3.02. The van der Waals surface area contributed by atoms with Gasteiger partial charge in [-0.3, -0.25) is 15.0 Å². The van der Waals surface area contributed by atoms with Crippen molar-refractivity contribution in [2.45, 2.75) is 37.6 Å². The standard InChI is InChI=1S/C22H21F4N5O3/c1-13(30-7-4-22(25,26)18(12-30)15-2-5-31(33)6-3-15)20(32)28-21-27-19(29-34-21)10-14-8-16(23)11-17(24)9-14/h2-3,5-6,8-9,11,13,18H,4,7,10,12H2,1H3,(H,27,28,29,32)/t13-,18-/m1/s1. The average molecular weight is 479 g/mol. The van der Waals surface area contributed by atoms with Crippen LogP contribution in [-0.2, 0) is 11.2 Å². The van der Waals surface area contributed by atoms with Crippen molar-refractivity contribution in [2.75, 3.05) is 18.4 Å². The third-order valence-electron chi connectivity index (χ3n) is 5.80. The third-order valence-corrected chi connectivity index (χ3v) is 5.80. The molecule has 8 nitrogen and oxygen atoms in total. The van der Waals surface area contributed by atoms with Crippen LogP contribution in [0.15, 0.2) is 47.2 Å². The highest BCUT2D eigenvalue weighted by atomic mass is 19.3. The van der Waals surface area contributed by atoms with Crippen LogP contribution in [-0.4, -0.2) is 46.0 Å². The molecule has 0 unspecified atom stereocenters. The first-order valence-electron chi connectivity index (χ1n) is 10.5. The van der Waals surface area contributed by atoms with Crippen molar-refractivity contribution in [3.05, 3.63) is 76.5 Å². The topological polar surface area (TPSA) is 98.2 Å². The Morgan fingerprint density at radius 2 is 1.97 bits per heavy atom. The molecular formula is C22H21F4N5O3. The summed E-state index contributed by atoms with van der Waals surface area (Å²) in [5.41, 5.74) is 0.595. The number of piperidine rings is 1. The van der Waals surface area contributed by atoms with Gasteiger partial charge in [-0.15, -0.1) is 0 Å². The number of carbonyl (C=O) groups excluding carboxylic acids is 1. The summed E-state index contributed by atoms with van der Waals surface area (Å²) in [6.07, 6.45) is 1.85. The van der Waals surface area contributed by atoms with Crippen LogP contribution in [0.3, 0.4) is 0 Å². The maximum absolute atomic E-state index is 14.6. The van der Waals surface area contributed by atoms with Gasteiger partial charge in [-0.1, -0.05) is 5.16 Å². The lowest BCUT2D eigenvalue weighted by atomic mass is 9.87. The molecule has 34 heavy (non-hydrogen) atoms. The normalized spacial score (nSPS) is 19.0. The summed E-state index contributed by atoms with van der Waals surface area (Å²) < 4.78 is 61.4. The number of amides is 1. The molecular weight excluding hydrogens is 458 g/mol. The van der Waals surface area contributed by atoms with Crippen molar-refractivity contribution >= 4 is 11.9 Å². The van der Waals surface area contributed by atoms with E-state index in [4.69, 9.17) is 4.52 Å². The fraction of sp³-hybridized carbons (Fsp3) is 0.364. The molecule has 1 amide bonds. The number of anilines is 1. The number of hydrogen-bond acceptors (Lipinski definition) is 6. The Morgan fingerprint density at radius 3 is 2.65 bits per heavy atom. The molecule has 1 N–H and O–H groups in total. The Labute approximate surface area is 191 Å². The number of pyridine rings is 1. The maximum atomic E-state index is 14.6. The van der Waals surface area contributed by atoms with E-state index in [0.29, 0.717) is 10.3 Å². The molecule has 2 atom stereocenters. The molecule has 180 valence electrons. The Balaban J connectivity index is 1.40. The smallest absolute Gasteiger partial charge is 0.328 e. The van der Waals surface area contributed by atoms with Crippen LogP contribution in [0.4, 0.5) is 23.6 Å². The molecule has 1 fully saturated rings. The number of likely N-dealkylation sites (tertiary alicyclic amines) is 1. The predicted molar refractivity (Wildman–Crippen MR) is 111 cm³/mol. The van der Waals surface area contributed by atoms with Gasteiger partial charge in [0.15, 0.2) is 18.2 Å². The van der Waals surface area contributed by atoms with Gasteiger partial charge in [0.05, 0.1) is 12.0 Å². The monoisotopic (exact) mass is 479 g/mol. The number of aromatic nitrogens is 3. The molecule has 1 aliphatic rings.